The Kier molecular flexibility index (Phi) is 8.07. The van der Waals surface area contributed by atoms with Crippen molar-refractivity contribution in [2.75, 3.05) is 64.8 Å². The van der Waals surface area contributed by atoms with Crippen molar-refractivity contribution >= 4 is 40.6 Å². The summed E-state index contributed by atoms with van der Waals surface area (Å²) in [4.78, 5) is 29.3. The van der Waals surface area contributed by atoms with Gasteiger partial charge in [0.15, 0.2) is 16.6 Å². The van der Waals surface area contributed by atoms with E-state index in [0.29, 0.717) is 28.3 Å². The van der Waals surface area contributed by atoms with Crippen LogP contribution in [0.15, 0.2) is 36.4 Å². The van der Waals surface area contributed by atoms with E-state index in [1.54, 1.807) is 30.3 Å². The highest BCUT2D eigenvalue weighted by Crippen LogP contribution is 2.29. The number of thiocarbonyl (C=S) groups is 1. The van der Waals surface area contributed by atoms with Gasteiger partial charge in [0.1, 0.15) is 0 Å². The lowest BCUT2D eigenvalue weighted by atomic mass is 10.1. The summed E-state index contributed by atoms with van der Waals surface area (Å²) in [7, 11) is 6.43. The second-order valence-electron chi connectivity index (χ2n) is 7.49. The van der Waals surface area contributed by atoms with Crippen molar-refractivity contribution in [3.8, 4) is 11.5 Å². The molecule has 2 N–H and O–H groups in total. The van der Waals surface area contributed by atoms with E-state index in [0.717, 1.165) is 31.9 Å². The molecule has 0 atom stereocenters. The van der Waals surface area contributed by atoms with Gasteiger partial charge in [-0.15, -0.1) is 0 Å². The second-order valence-corrected chi connectivity index (χ2v) is 7.90. The molecule has 0 spiro atoms. The molecule has 0 aliphatic carbocycles. The number of likely N-dealkylation sites (N-methyl/N-ethyl adjacent to an activating group) is 1. The number of rotatable bonds is 6. The molecule has 1 saturated heterocycles. The number of benzene rings is 2. The van der Waals surface area contributed by atoms with Gasteiger partial charge in [-0.1, -0.05) is 0 Å². The van der Waals surface area contributed by atoms with Gasteiger partial charge in [-0.2, -0.15) is 0 Å². The van der Waals surface area contributed by atoms with Crippen molar-refractivity contribution in [1.82, 2.24) is 10.2 Å². The lowest BCUT2D eigenvalue weighted by molar-refractivity contribution is 0.0600. The van der Waals surface area contributed by atoms with E-state index in [1.165, 1.54) is 21.3 Å². The van der Waals surface area contributed by atoms with E-state index in [9.17, 15) is 9.59 Å². The molecule has 2 aromatic carbocycles. The van der Waals surface area contributed by atoms with Crippen molar-refractivity contribution in [3.63, 3.8) is 0 Å². The fraction of sp³-hybridized carbons (Fsp3) is 0.348. The van der Waals surface area contributed by atoms with E-state index in [1.807, 2.05) is 6.07 Å². The first-order chi connectivity index (χ1) is 15.9. The van der Waals surface area contributed by atoms with Gasteiger partial charge in [0, 0.05) is 31.7 Å². The monoisotopic (exact) mass is 472 g/mol. The summed E-state index contributed by atoms with van der Waals surface area (Å²) in [5, 5.41) is 5.85. The zero-order valence-electron chi connectivity index (χ0n) is 19.1. The fourth-order valence-corrected chi connectivity index (χ4v) is 3.71. The number of piperazine rings is 1. The highest BCUT2D eigenvalue weighted by molar-refractivity contribution is 7.80. The van der Waals surface area contributed by atoms with Gasteiger partial charge >= 0.3 is 5.97 Å². The Labute approximate surface area is 198 Å². The summed E-state index contributed by atoms with van der Waals surface area (Å²) in [6.45, 7) is 3.48. The Balaban J connectivity index is 1.79. The Bertz CT molecular complexity index is 1040. The van der Waals surface area contributed by atoms with Gasteiger partial charge < -0.3 is 29.3 Å². The van der Waals surface area contributed by atoms with Crippen molar-refractivity contribution in [2.45, 2.75) is 0 Å². The zero-order valence-corrected chi connectivity index (χ0v) is 20.0. The number of carbonyl (C=O) groups is 2. The van der Waals surface area contributed by atoms with Crippen molar-refractivity contribution < 1.29 is 23.8 Å². The van der Waals surface area contributed by atoms with E-state index in [-0.39, 0.29) is 5.11 Å². The standard InChI is InChI=1S/C23H28N4O5S/c1-26-9-11-27(12-10-26)18-7-5-16(22(29)32-4)13-17(18)24-23(33)25-21(28)15-6-8-19(30-2)20(14-15)31-3/h5-8,13-14H,9-12H2,1-4H3,(H2,24,25,28,33). The van der Waals surface area contributed by atoms with Gasteiger partial charge in [-0.25, -0.2) is 4.79 Å². The number of hydrogen-bond acceptors (Lipinski definition) is 8. The summed E-state index contributed by atoms with van der Waals surface area (Å²) in [6, 6.07) is 10.1. The maximum absolute atomic E-state index is 12.7. The molecule has 9 nitrogen and oxygen atoms in total. The zero-order chi connectivity index (χ0) is 24.0. The van der Waals surface area contributed by atoms with Gasteiger partial charge in [0.2, 0.25) is 0 Å². The number of methoxy groups -OCH3 is 3. The summed E-state index contributed by atoms with van der Waals surface area (Å²) in [5.41, 5.74) is 2.24. The number of esters is 1. The number of anilines is 2. The van der Waals surface area contributed by atoms with E-state index in [4.69, 9.17) is 26.4 Å². The van der Waals surface area contributed by atoms with Crippen molar-refractivity contribution in [1.29, 1.82) is 0 Å². The number of ether oxygens (including phenoxy) is 3. The number of amides is 1. The molecule has 2 aromatic rings. The molecule has 1 aliphatic heterocycles. The number of nitrogens with zero attached hydrogens (tertiary/aromatic N) is 2. The first-order valence-corrected chi connectivity index (χ1v) is 10.8. The smallest absolute Gasteiger partial charge is 0.337 e. The van der Waals surface area contributed by atoms with Crippen LogP contribution in [0.2, 0.25) is 0 Å². The van der Waals surface area contributed by atoms with Crippen molar-refractivity contribution in [3.05, 3.63) is 47.5 Å². The maximum atomic E-state index is 12.7. The Morgan fingerprint density at radius 2 is 1.58 bits per heavy atom. The molecule has 0 aromatic heterocycles. The molecule has 1 aliphatic rings. The molecule has 3 rings (SSSR count). The predicted molar refractivity (Wildman–Crippen MR) is 131 cm³/mol. The fourth-order valence-electron chi connectivity index (χ4n) is 3.51. The topological polar surface area (TPSA) is 92.4 Å². The minimum atomic E-state index is -0.455. The lowest BCUT2D eigenvalue weighted by Crippen LogP contribution is -2.45. The van der Waals surface area contributed by atoms with Crippen LogP contribution in [-0.4, -0.2) is 76.4 Å². The minimum absolute atomic E-state index is 0.104. The SMILES string of the molecule is COC(=O)c1ccc(N2CCN(C)CC2)c(NC(=S)NC(=O)c2ccc(OC)c(OC)c2)c1. The number of nitrogens with one attached hydrogen (secondary N) is 2. The molecule has 10 heteroatoms. The van der Waals surface area contributed by atoms with Crippen LogP contribution in [0.1, 0.15) is 20.7 Å². The molecule has 0 unspecified atom stereocenters. The quantitative estimate of drug-likeness (QED) is 0.486. The maximum Gasteiger partial charge on any atom is 0.337 e. The molecule has 1 amide bonds. The Hall–Kier alpha value is -3.37. The number of hydrogen-bond donors (Lipinski definition) is 2. The van der Waals surface area contributed by atoms with Crippen LogP contribution in [0.5, 0.6) is 11.5 Å². The Morgan fingerprint density at radius 3 is 2.21 bits per heavy atom. The normalized spacial score (nSPS) is 13.8. The van der Waals surface area contributed by atoms with Gasteiger partial charge in [0.25, 0.3) is 5.91 Å². The average molecular weight is 473 g/mol. The van der Waals surface area contributed by atoms with Crippen LogP contribution in [0, 0.1) is 0 Å². The first kappa shape index (κ1) is 24.3. The van der Waals surface area contributed by atoms with Crippen LogP contribution >= 0.6 is 12.2 Å². The third-order valence-electron chi connectivity index (χ3n) is 5.38. The molecule has 0 bridgehead atoms. The summed E-state index contributed by atoms with van der Waals surface area (Å²) < 4.78 is 15.3. The van der Waals surface area contributed by atoms with E-state index < -0.39 is 11.9 Å². The molecule has 0 radical (unpaired) electrons. The highest BCUT2D eigenvalue weighted by atomic mass is 32.1. The lowest BCUT2D eigenvalue weighted by Gasteiger charge is -2.35. The average Bonchev–Trinajstić information content (AvgIpc) is 2.83. The second kappa shape index (κ2) is 11.0. The third kappa shape index (κ3) is 5.91. The predicted octanol–water partition coefficient (Wildman–Crippen LogP) is 2.37. The van der Waals surface area contributed by atoms with E-state index >= 15 is 0 Å². The van der Waals surface area contributed by atoms with Crippen LogP contribution < -0.4 is 25.0 Å². The van der Waals surface area contributed by atoms with Crippen LogP contribution in [0.25, 0.3) is 0 Å². The molecule has 1 heterocycles. The molecule has 176 valence electrons. The summed E-state index contributed by atoms with van der Waals surface area (Å²) in [5.74, 6) is 0.0975. The minimum Gasteiger partial charge on any atom is -0.493 e. The highest BCUT2D eigenvalue weighted by Gasteiger charge is 2.20. The molecular formula is C23H28N4O5S. The van der Waals surface area contributed by atoms with Gasteiger partial charge in [-0.3, -0.25) is 10.1 Å². The summed E-state index contributed by atoms with van der Waals surface area (Å²) >= 11 is 5.40. The van der Waals surface area contributed by atoms with Gasteiger partial charge in [-0.05, 0) is 55.7 Å². The van der Waals surface area contributed by atoms with E-state index in [2.05, 4.69) is 27.5 Å². The van der Waals surface area contributed by atoms with Crippen LogP contribution in [0.4, 0.5) is 11.4 Å². The van der Waals surface area contributed by atoms with Crippen LogP contribution in [0.3, 0.4) is 0 Å². The van der Waals surface area contributed by atoms with Gasteiger partial charge in [0.05, 0.1) is 38.3 Å². The van der Waals surface area contributed by atoms with Crippen molar-refractivity contribution in [2.24, 2.45) is 0 Å². The number of carbonyl (C=O) groups excluding carboxylic acids is 2. The third-order valence-corrected chi connectivity index (χ3v) is 5.59. The first-order valence-electron chi connectivity index (χ1n) is 10.4. The molecule has 0 saturated carbocycles. The van der Waals surface area contributed by atoms with Crippen LogP contribution in [-0.2, 0) is 4.74 Å². The summed E-state index contributed by atoms with van der Waals surface area (Å²) in [6.07, 6.45) is 0. The molecule has 1 fully saturated rings. The Morgan fingerprint density at radius 1 is 0.909 bits per heavy atom. The molecule has 33 heavy (non-hydrogen) atoms. The largest absolute Gasteiger partial charge is 0.493 e. The molecular weight excluding hydrogens is 444 g/mol.